The first-order valence-corrected chi connectivity index (χ1v) is 5.22. The fraction of sp³-hybridized carbons (Fsp3) is 0.333. The van der Waals surface area contributed by atoms with E-state index in [-0.39, 0.29) is 16.9 Å². The third-order valence-corrected chi connectivity index (χ3v) is 2.33. The summed E-state index contributed by atoms with van der Waals surface area (Å²) in [5.41, 5.74) is 7.53. The molecule has 1 aromatic rings. The van der Waals surface area contributed by atoms with Gasteiger partial charge in [0.25, 0.3) is 0 Å². The van der Waals surface area contributed by atoms with Crippen LogP contribution < -0.4 is 5.73 Å². The van der Waals surface area contributed by atoms with Crippen LogP contribution in [0.4, 0.5) is 4.39 Å². The molecule has 0 bridgehead atoms. The van der Waals surface area contributed by atoms with Gasteiger partial charge in [-0.1, -0.05) is 35.4 Å². The predicted molar refractivity (Wildman–Crippen MR) is 62.5 cm³/mol. The summed E-state index contributed by atoms with van der Waals surface area (Å²) in [4.78, 5) is 0. The summed E-state index contributed by atoms with van der Waals surface area (Å²) in [6, 6.07) is 4.81. The Kier molecular flexibility index (Phi) is 4.30. The monoisotopic (exact) mass is 227 g/mol. The van der Waals surface area contributed by atoms with E-state index in [9.17, 15) is 4.39 Å². The summed E-state index contributed by atoms with van der Waals surface area (Å²) in [6.45, 7) is 3.93. The number of hydrogen-bond acceptors (Lipinski definition) is 1. The van der Waals surface area contributed by atoms with E-state index in [2.05, 4.69) is 0 Å². The van der Waals surface area contributed by atoms with E-state index >= 15 is 0 Å². The van der Waals surface area contributed by atoms with Gasteiger partial charge < -0.3 is 5.73 Å². The van der Waals surface area contributed by atoms with Gasteiger partial charge in [0.15, 0.2) is 0 Å². The average molecular weight is 228 g/mol. The molecular weight excluding hydrogens is 213 g/mol. The van der Waals surface area contributed by atoms with Gasteiger partial charge in [-0.25, -0.2) is 4.39 Å². The molecule has 0 saturated carbocycles. The normalized spacial score (nSPS) is 12.3. The van der Waals surface area contributed by atoms with Gasteiger partial charge in [-0.05, 0) is 31.9 Å². The first-order valence-electron chi connectivity index (χ1n) is 4.84. The average Bonchev–Trinajstić information content (AvgIpc) is 2.11. The smallest absolute Gasteiger partial charge is 0.145 e. The molecule has 1 nitrogen and oxygen atoms in total. The molecule has 0 aliphatic rings. The molecule has 0 aromatic heterocycles. The van der Waals surface area contributed by atoms with Crippen LogP contribution in [0, 0.1) is 5.82 Å². The molecule has 0 spiro atoms. The molecule has 1 unspecified atom stereocenters. The quantitative estimate of drug-likeness (QED) is 0.788. The van der Waals surface area contributed by atoms with Crippen LogP contribution in [0.5, 0.6) is 0 Å². The van der Waals surface area contributed by atoms with E-state index in [1.54, 1.807) is 12.1 Å². The second kappa shape index (κ2) is 5.29. The fourth-order valence-electron chi connectivity index (χ4n) is 1.45. The van der Waals surface area contributed by atoms with E-state index in [4.69, 9.17) is 17.3 Å². The SMILES string of the molecule is CC(C)=CC(N)Cc1cccc(Cl)c1F. The molecule has 1 rings (SSSR count). The van der Waals surface area contributed by atoms with Crippen molar-refractivity contribution in [1.29, 1.82) is 0 Å². The molecule has 1 atom stereocenters. The third-order valence-electron chi connectivity index (χ3n) is 2.03. The molecule has 82 valence electrons. The van der Waals surface area contributed by atoms with Gasteiger partial charge in [0.05, 0.1) is 5.02 Å². The minimum atomic E-state index is -0.364. The van der Waals surface area contributed by atoms with Gasteiger partial charge in [-0.2, -0.15) is 0 Å². The molecule has 0 radical (unpaired) electrons. The zero-order valence-electron chi connectivity index (χ0n) is 8.93. The Morgan fingerprint density at radius 1 is 1.53 bits per heavy atom. The number of rotatable bonds is 3. The largest absolute Gasteiger partial charge is 0.324 e. The zero-order valence-corrected chi connectivity index (χ0v) is 9.68. The van der Waals surface area contributed by atoms with Crippen molar-refractivity contribution in [2.75, 3.05) is 0 Å². The van der Waals surface area contributed by atoms with Crippen molar-refractivity contribution in [2.24, 2.45) is 5.73 Å². The predicted octanol–water partition coefficient (Wildman–Crippen LogP) is 3.32. The summed E-state index contributed by atoms with van der Waals surface area (Å²) in [5, 5.41) is 0.150. The van der Waals surface area contributed by atoms with Crippen molar-refractivity contribution in [3.8, 4) is 0 Å². The first kappa shape index (κ1) is 12.2. The highest BCUT2D eigenvalue weighted by molar-refractivity contribution is 6.30. The number of allylic oxidation sites excluding steroid dienone is 1. The van der Waals surface area contributed by atoms with Crippen LogP contribution in [0.3, 0.4) is 0 Å². The van der Waals surface area contributed by atoms with Crippen LogP contribution in [0.15, 0.2) is 29.8 Å². The molecule has 0 amide bonds. The Labute approximate surface area is 94.7 Å². The van der Waals surface area contributed by atoms with Crippen LogP contribution in [-0.2, 0) is 6.42 Å². The summed E-state index contributed by atoms with van der Waals surface area (Å²) < 4.78 is 13.5. The molecule has 0 aliphatic carbocycles. The number of nitrogens with two attached hydrogens (primary N) is 1. The summed E-state index contributed by atoms with van der Waals surface area (Å²) in [6.07, 6.45) is 2.39. The van der Waals surface area contributed by atoms with E-state index < -0.39 is 0 Å². The second-order valence-electron chi connectivity index (χ2n) is 3.82. The maximum atomic E-state index is 13.5. The molecular formula is C12H15ClFN. The lowest BCUT2D eigenvalue weighted by Gasteiger charge is -2.09. The van der Waals surface area contributed by atoms with Crippen molar-refractivity contribution in [1.82, 2.24) is 0 Å². The Morgan fingerprint density at radius 2 is 2.20 bits per heavy atom. The highest BCUT2D eigenvalue weighted by atomic mass is 35.5. The molecule has 3 heteroatoms. The number of benzene rings is 1. The third kappa shape index (κ3) is 3.65. The lowest BCUT2D eigenvalue weighted by molar-refractivity contribution is 0.603. The van der Waals surface area contributed by atoms with Crippen molar-refractivity contribution in [3.63, 3.8) is 0 Å². The van der Waals surface area contributed by atoms with Crippen molar-refractivity contribution < 1.29 is 4.39 Å². The van der Waals surface area contributed by atoms with Gasteiger partial charge in [-0.15, -0.1) is 0 Å². The maximum Gasteiger partial charge on any atom is 0.145 e. The Hall–Kier alpha value is -0.860. The lowest BCUT2D eigenvalue weighted by atomic mass is 10.0. The van der Waals surface area contributed by atoms with Crippen LogP contribution >= 0.6 is 11.6 Å². The zero-order chi connectivity index (χ0) is 11.4. The van der Waals surface area contributed by atoms with Gasteiger partial charge in [0, 0.05) is 6.04 Å². The van der Waals surface area contributed by atoms with E-state index in [1.807, 2.05) is 19.9 Å². The molecule has 1 aromatic carbocycles. The van der Waals surface area contributed by atoms with Crippen molar-refractivity contribution in [3.05, 3.63) is 46.3 Å². The van der Waals surface area contributed by atoms with Gasteiger partial charge in [0.1, 0.15) is 5.82 Å². The minimum Gasteiger partial charge on any atom is -0.324 e. The van der Waals surface area contributed by atoms with Gasteiger partial charge >= 0.3 is 0 Å². The molecule has 0 fully saturated rings. The van der Waals surface area contributed by atoms with Crippen molar-refractivity contribution >= 4 is 11.6 Å². The maximum absolute atomic E-state index is 13.5. The van der Waals surface area contributed by atoms with Crippen LogP contribution in [0.1, 0.15) is 19.4 Å². The summed E-state index contributed by atoms with van der Waals surface area (Å²) in [7, 11) is 0. The van der Waals surface area contributed by atoms with Crippen LogP contribution in [0.25, 0.3) is 0 Å². The lowest BCUT2D eigenvalue weighted by Crippen LogP contribution is -2.20. The van der Waals surface area contributed by atoms with E-state index in [0.717, 1.165) is 5.57 Å². The molecule has 2 N–H and O–H groups in total. The Bertz CT molecular complexity index is 370. The molecule has 0 saturated heterocycles. The van der Waals surface area contributed by atoms with Crippen LogP contribution in [0.2, 0.25) is 5.02 Å². The first-order chi connectivity index (χ1) is 7.00. The highest BCUT2D eigenvalue weighted by Gasteiger charge is 2.08. The molecule has 0 heterocycles. The van der Waals surface area contributed by atoms with Crippen molar-refractivity contribution in [2.45, 2.75) is 26.3 Å². The Balaban J connectivity index is 2.81. The minimum absolute atomic E-state index is 0.150. The molecule has 15 heavy (non-hydrogen) atoms. The van der Waals surface area contributed by atoms with E-state index in [1.165, 1.54) is 6.07 Å². The standard InChI is InChI=1S/C12H15ClFN/c1-8(2)6-10(15)7-9-4-3-5-11(13)12(9)14/h3-6,10H,7,15H2,1-2H3. The highest BCUT2D eigenvalue weighted by Crippen LogP contribution is 2.19. The second-order valence-corrected chi connectivity index (χ2v) is 4.23. The van der Waals surface area contributed by atoms with E-state index in [0.29, 0.717) is 12.0 Å². The van der Waals surface area contributed by atoms with Gasteiger partial charge in [0.2, 0.25) is 0 Å². The Morgan fingerprint density at radius 3 is 2.80 bits per heavy atom. The summed E-state index contributed by atoms with van der Waals surface area (Å²) >= 11 is 5.67. The molecule has 0 aliphatic heterocycles. The number of hydrogen-bond donors (Lipinski definition) is 1. The van der Waals surface area contributed by atoms with Gasteiger partial charge in [-0.3, -0.25) is 0 Å². The summed E-state index contributed by atoms with van der Waals surface area (Å²) in [5.74, 6) is -0.364. The topological polar surface area (TPSA) is 26.0 Å². The number of halogens is 2. The van der Waals surface area contributed by atoms with Crippen LogP contribution in [-0.4, -0.2) is 6.04 Å². The fourth-order valence-corrected chi connectivity index (χ4v) is 1.64.